The number of carbonyl (C=O) groups excluding carboxylic acids is 1. The molecule has 0 spiro atoms. The van der Waals surface area contributed by atoms with Crippen LogP contribution in [0, 0.1) is 0 Å². The summed E-state index contributed by atoms with van der Waals surface area (Å²) in [4.78, 5) is 16.4. The van der Waals surface area contributed by atoms with E-state index < -0.39 is 0 Å². The van der Waals surface area contributed by atoms with Crippen molar-refractivity contribution in [2.75, 3.05) is 34.2 Å². The fourth-order valence-electron chi connectivity index (χ4n) is 2.74. The van der Waals surface area contributed by atoms with Crippen LogP contribution >= 0.6 is 11.6 Å². The van der Waals surface area contributed by atoms with Crippen molar-refractivity contribution in [3.05, 3.63) is 70.7 Å². The molecule has 0 aliphatic carbocycles. The molecule has 5 heteroatoms. The number of hydrogen-bond acceptors (Lipinski definition) is 3. The van der Waals surface area contributed by atoms with Crippen molar-refractivity contribution in [3.63, 3.8) is 0 Å². The van der Waals surface area contributed by atoms with Crippen molar-refractivity contribution in [1.29, 1.82) is 0 Å². The van der Waals surface area contributed by atoms with Crippen LogP contribution < -0.4 is 5.32 Å². The maximum absolute atomic E-state index is 12.3. The van der Waals surface area contributed by atoms with Gasteiger partial charge in [-0.25, -0.2) is 0 Å². The van der Waals surface area contributed by atoms with Crippen LogP contribution in [0.15, 0.2) is 54.6 Å². The highest BCUT2D eigenvalue weighted by molar-refractivity contribution is 6.30. The third kappa shape index (κ3) is 6.50. The Labute approximate surface area is 155 Å². The summed E-state index contributed by atoms with van der Waals surface area (Å²) < 4.78 is 0. The van der Waals surface area contributed by atoms with Gasteiger partial charge in [0.2, 0.25) is 5.91 Å². The molecule has 1 unspecified atom stereocenters. The molecule has 0 aromatic heterocycles. The Bertz CT molecular complexity index is 658. The Balaban J connectivity index is 1.83. The second-order valence-corrected chi connectivity index (χ2v) is 6.93. The second-order valence-electron chi connectivity index (χ2n) is 6.49. The van der Waals surface area contributed by atoms with Crippen LogP contribution in [0.4, 0.5) is 0 Å². The normalized spacial score (nSPS) is 12.4. The molecule has 0 saturated carbocycles. The minimum Gasteiger partial charge on any atom is -0.353 e. The largest absolute Gasteiger partial charge is 0.353 e. The molecule has 0 radical (unpaired) electrons. The summed E-state index contributed by atoms with van der Waals surface area (Å²) in [5.74, 6) is 0.0271. The van der Waals surface area contributed by atoms with E-state index in [1.807, 2.05) is 68.5 Å². The molecule has 4 nitrogen and oxygen atoms in total. The van der Waals surface area contributed by atoms with Crippen LogP contribution in [0.1, 0.15) is 17.2 Å². The molecule has 1 amide bonds. The maximum Gasteiger partial charge on any atom is 0.234 e. The van der Waals surface area contributed by atoms with E-state index in [1.165, 1.54) is 5.56 Å². The zero-order chi connectivity index (χ0) is 18.2. The van der Waals surface area contributed by atoms with E-state index in [-0.39, 0.29) is 11.9 Å². The molecule has 0 heterocycles. The molecule has 0 aliphatic rings. The van der Waals surface area contributed by atoms with E-state index in [2.05, 4.69) is 22.3 Å². The maximum atomic E-state index is 12.3. The average Bonchev–Trinajstić information content (AvgIpc) is 2.57. The summed E-state index contributed by atoms with van der Waals surface area (Å²) in [7, 11) is 5.99. The van der Waals surface area contributed by atoms with Crippen LogP contribution in [0.3, 0.4) is 0 Å². The molecule has 2 aromatic carbocycles. The molecule has 0 bridgehead atoms. The molecular formula is C20H26ClN3O. The van der Waals surface area contributed by atoms with Gasteiger partial charge in [-0.05, 0) is 44.4 Å². The lowest BCUT2D eigenvalue weighted by Crippen LogP contribution is -2.39. The van der Waals surface area contributed by atoms with Crippen molar-refractivity contribution >= 4 is 17.5 Å². The number of carbonyl (C=O) groups is 1. The summed E-state index contributed by atoms with van der Waals surface area (Å²) >= 11 is 5.90. The lowest BCUT2D eigenvalue weighted by Gasteiger charge is -2.25. The van der Waals surface area contributed by atoms with Crippen molar-refractivity contribution in [2.45, 2.75) is 12.6 Å². The minimum atomic E-state index is 0.0271. The Hall–Kier alpha value is -1.88. The number of nitrogens with zero attached hydrogens (tertiary/aromatic N) is 2. The van der Waals surface area contributed by atoms with Crippen LogP contribution in [-0.2, 0) is 11.3 Å². The summed E-state index contributed by atoms with van der Waals surface area (Å²) in [5, 5.41) is 3.77. The van der Waals surface area contributed by atoms with Gasteiger partial charge in [0.15, 0.2) is 0 Å². The van der Waals surface area contributed by atoms with Crippen molar-refractivity contribution in [3.8, 4) is 0 Å². The molecule has 1 N–H and O–H groups in total. The molecular weight excluding hydrogens is 334 g/mol. The number of amides is 1. The summed E-state index contributed by atoms with van der Waals surface area (Å²) in [6.07, 6.45) is 0. The highest BCUT2D eigenvalue weighted by atomic mass is 35.5. The van der Waals surface area contributed by atoms with Crippen molar-refractivity contribution in [2.24, 2.45) is 0 Å². The number of hydrogen-bond donors (Lipinski definition) is 1. The van der Waals surface area contributed by atoms with Gasteiger partial charge in [0.05, 0.1) is 12.6 Å². The number of benzene rings is 2. The predicted octanol–water partition coefficient (Wildman–Crippen LogP) is 3.19. The molecule has 0 saturated heterocycles. The van der Waals surface area contributed by atoms with E-state index >= 15 is 0 Å². The molecule has 1 atom stereocenters. The van der Waals surface area contributed by atoms with Crippen LogP contribution in [-0.4, -0.2) is 49.9 Å². The second kappa shape index (κ2) is 9.56. The zero-order valence-corrected chi connectivity index (χ0v) is 15.8. The van der Waals surface area contributed by atoms with Gasteiger partial charge in [0.25, 0.3) is 0 Å². The Kier molecular flexibility index (Phi) is 7.44. The van der Waals surface area contributed by atoms with Crippen molar-refractivity contribution < 1.29 is 4.79 Å². The van der Waals surface area contributed by atoms with Gasteiger partial charge in [-0.15, -0.1) is 0 Å². The first-order valence-corrected chi connectivity index (χ1v) is 8.74. The van der Waals surface area contributed by atoms with E-state index in [4.69, 9.17) is 11.6 Å². The van der Waals surface area contributed by atoms with Gasteiger partial charge in [-0.3, -0.25) is 9.69 Å². The van der Waals surface area contributed by atoms with Gasteiger partial charge >= 0.3 is 0 Å². The van der Waals surface area contributed by atoms with Crippen LogP contribution in [0.5, 0.6) is 0 Å². The first-order chi connectivity index (χ1) is 12.0. The number of rotatable bonds is 8. The average molecular weight is 360 g/mol. The highest BCUT2D eigenvalue weighted by Gasteiger charge is 2.15. The van der Waals surface area contributed by atoms with Crippen LogP contribution in [0.25, 0.3) is 0 Å². The first-order valence-electron chi connectivity index (χ1n) is 8.37. The molecule has 2 aromatic rings. The predicted molar refractivity (Wildman–Crippen MR) is 104 cm³/mol. The Morgan fingerprint density at radius 2 is 1.68 bits per heavy atom. The van der Waals surface area contributed by atoms with Crippen LogP contribution in [0.2, 0.25) is 5.02 Å². The fraction of sp³-hybridized carbons (Fsp3) is 0.350. The van der Waals surface area contributed by atoms with Crippen molar-refractivity contribution in [1.82, 2.24) is 15.1 Å². The van der Waals surface area contributed by atoms with E-state index in [9.17, 15) is 4.79 Å². The Morgan fingerprint density at radius 3 is 2.28 bits per heavy atom. The standard InChI is InChI=1S/C20H26ClN3O/c1-23(2)19(17-7-5-4-6-8-17)13-22-20(25)15-24(3)14-16-9-11-18(21)12-10-16/h4-12,19H,13-15H2,1-3H3,(H,22,25). The van der Waals surface area contributed by atoms with Gasteiger partial charge in [-0.2, -0.15) is 0 Å². The van der Waals surface area contributed by atoms with E-state index in [1.54, 1.807) is 0 Å². The third-order valence-electron chi connectivity index (χ3n) is 4.08. The van der Waals surface area contributed by atoms with Gasteiger partial charge in [0.1, 0.15) is 0 Å². The number of likely N-dealkylation sites (N-methyl/N-ethyl adjacent to an activating group) is 2. The SMILES string of the molecule is CN(CC(=O)NCC(c1ccccc1)N(C)C)Cc1ccc(Cl)cc1. The smallest absolute Gasteiger partial charge is 0.234 e. The topological polar surface area (TPSA) is 35.6 Å². The van der Waals surface area contributed by atoms with Gasteiger partial charge in [0, 0.05) is 18.1 Å². The fourth-order valence-corrected chi connectivity index (χ4v) is 2.87. The molecule has 2 rings (SSSR count). The number of nitrogens with one attached hydrogen (secondary N) is 1. The molecule has 0 aliphatic heterocycles. The highest BCUT2D eigenvalue weighted by Crippen LogP contribution is 2.16. The first kappa shape index (κ1) is 19.4. The monoisotopic (exact) mass is 359 g/mol. The summed E-state index contributed by atoms with van der Waals surface area (Å²) in [5.41, 5.74) is 2.33. The molecule has 134 valence electrons. The minimum absolute atomic E-state index is 0.0271. The lowest BCUT2D eigenvalue weighted by molar-refractivity contribution is -0.122. The molecule has 25 heavy (non-hydrogen) atoms. The van der Waals surface area contributed by atoms with Gasteiger partial charge in [-0.1, -0.05) is 54.1 Å². The lowest BCUT2D eigenvalue weighted by atomic mass is 10.1. The zero-order valence-electron chi connectivity index (χ0n) is 15.1. The number of halogens is 1. The van der Waals surface area contributed by atoms with E-state index in [0.29, 0.717) is 19.6 Å². The summed E-state index contributed by atoms with van der Waals surface area (Å²) in [6, 6.07) is 18.1. The quantitative estimate of drug-likeness (QED) is 0.786. The van der Waals surface area contributed by atoms with Gasteiger partial charge < -0.3 is 10.2 Å². The third-order valence-corrected chi connectivity index (χ3v) is 4.33. The Morgan fingerprint density at radius 1 is 1.04 bits per heavy atom. The van der Waals surface area contributed by atoms with E-state index in [0.717, 1.165) is 10.6 Å². The summed E-state index contributed by atoms with van der Waals surface area (Å²) in [6.45, 7) is 1.66. The molecule has 0 fully saturated rings.